The Hall–Kier alpha value is -1.02. The lowest BCUT2D eigenvalue weighted by atomic mass is 10.2. The van der Waals surface area contributed by atoms with Gasteiger partial charge in [0.25, 0.3) is 10.2 Å². The predicted molar refractivity (Wildman–Crippen MR) is 73.7 cm³/mol. The highest BCUT2D eigenvalue weighted by molar-refractivity contribution is 7.87. The van der Waals surface area contributed by atoms with Gasteiger partial charge in [-0.15, -0.1) is 0 Å². The normalized spacial score (nSPS) is 24.8. The van der Waals surface area contributed by atoms with Crippen molar-refractivity contribution in [1.29, 1.82) is 0 Å². The van der Waals surface area contributed by atoms with Gasteiger partial charge >= 0.3 is 0 Å². The Morgan fingerprint density at radius 1 is 1.35 bits per heavy atom. The minimum atomic E-state index is -3.58. The van der Waals surface area contributed by atoms with Gasteiger partial charge in [0, 0.05) is 19.6 Å². The molecule has 0 aliphatic carbocycles. The quantitative estimate of drug-likeness (QED) is 0.911. The van der Waals surface area contributed by atoms with Crippen molar-refractivity contribution < 1.29 is 17.5 Å². The maximum Gasteiger partial charge on any atom is 0.279 e. The first-order valence-electron chi connectivity index (χ1n) is 6.51. The number of morpholine rings is 1. The maximum absolute atomic E-state index is 13.0. The summed E-state index contributed by atoms with van der Waals surface area (Å²) in [5, 5.41) is 0. The molecule has 1 N–H and O–H groups in total. The molecule has 2 unspecified atom stereocenters. The summed E-state index contributed by atoms with van der Waals surface area (Å²) >= 11 is 0. The van der Waals surface area contributed by atoms with Gasteiger partial charge in [-0.05, 0) is 31.5 Å². The Labute approximate surface area is 118 Å². The molecule has 20 heavy (non-hydrogen) atoms. The van der Waals surface area contributed by atoms with Crippen molar-refractivity contribution in [2.24, 2.45) is 0 Å². The van der Waals surface area contributed by atoms with E-state index in [0.29, 0.717) is 18.7 Å². The molecule has 2 rings (SSSR count). The zero-order chi connectivity index (χ0) is 14.8. The van der Waals surface area contributed by atoms with E-state index in [2.05, 4.69) is 4.72 Å². The lowest BCUT2D eigenvalue weighted by Gasteiger charge is -2.34. The molecule has 0 spiro atoms. The van der Waals surface area contributed by atoms with E-state index in [1.807, 2.05) is 13.8 Å². The molecule has 0 radical (unpaired) electrons. The van der Waals surface area contributed by atoms with E-state index >= 15 is 0 Å². The number of benzene rings is 1. The summed E-state index contributed by atoms with van der Waals surface area (Å²) in [5.41, 5.74) is 0.586. The largest absolute Gasteiger partial charge is 0.373 e. The molecule has 1 aromatic carbocycles. The fourth-order valence-electron chi connectivity index (χ4n) is 2.24. The van der Waals surface area contributed by atoms with E-state index in [1.165, 1.54) is 16.4 Å². The second kappa shape index (κ2) is 6.17. The molecule has 0 aromatic heterocycles. The van der Waals surface area contributed by atoms with Crippen molar-refractivity contribution in [3.8, 4) is 0 Å². The van der Waals surface area contributed by atoms with Gasteiger partial charge in [0.1, 0.15) is 5.82 Å². The summed E-state index contributed by atoms with van der Waals surface area (Å²) in [6, 6.07) is 5.87. The first-order valence-corrected chi connectivity index (χ1v) is 7.95. The SMILES string of the molecule is CC1CN(S(=O)(=O)NCc2cccc(F)c2)CC(C)O1. The number of ether oxygens (including phenoxy) is 1. The van der Waals surface area contributed by atoms with Crippen LogP contribution in [0.25, 0.3) is 0 Å². The zero-order valence-electron chi connectivity index (χ0n) is 11.5. The molecule has 2 atom stereocenters. The van der Waals surface area contributed by atoms with Gasteiger partial charge in [-0.2, -0.15) is 17.4 Å². The van der Waals surface area contributed by atoms with Crippen molar-refractivity contribution >= 4 is 10.2 Å². The van der Waals surface area contributed by atoms with Crippen LogP contribution < -0.4 is 4.72 Å². The number of rotatable bonds is 4. The average molecular weight is 302 g/mol. The number of nitrogens with one attached hydrogen (secondary N) is 1. The molecule has 1 aliphatic rings. The second-order valence-corrected chi connectivity index (χ2v) is 6.79. The molecule has 1 aromatic rings. The molecule has 1 aliphatic heterocycles. The molecule has 0 amide bonds. The Bertz CT molecular complexity index is 554. The summed E-state index contributed by atoms with van der Waals surface area (Å²) in [6.45, 7) is 4.39. The van der Waals surface area contributed by atoms with Crippen LogP contribution in [0.5, 0.6) is 0 Å². The number of hydrogen-bond acceptors (Lipinski definition) is 3. The molecule has 0 saturated carbocycles. The van der Waals surface area contributed by atoms with Crippen molar-refractivity contribution in [2.75, 3.05) is 13.1 Å². The molecule has 7 heteroatoms. The maximum atomic E-state index is 13.0. The van der Waals surface area contributed by atoms with Crippen LogP contribution in [0.1, 0.15) is 19.4 Å². The Kier molecular flexibility index (Phi) is 4.74. The topological polar surface area (TPSA) is 58.6 Å². The van der Waals surface area contributed by atoms with Crippen molar-refractivity contribution in [3.63, 3.8) is 0 Å². The van der Waals surface area contributed by atoms with Crippen LogP contribution in [-0.4, -0.2) is 38.0 Å². The highest BCUT2D eigenvalue weighted by atomic mass is 32.2. The minimum Gasteiger partial charge on any atom is -0.373 e. The van der Waals surface area contributed by atoms with Gasteiger partial charge < -0.3 is 4.74 Å². The van der Waals surface area contributed by atoms with Gasteiger partial charge in [0.05, 0.1) is 12.2 Å². The Morgan fingerprint density at radius 3 is 2.60 bits per heavy atom. The Balaban J connectivity index is 2.00. The van der Waals surface area contributed by atoms with Gasteiger partial charge in [0.2, 0.25) is 0 Å². The molecule has 112 valence electrons. The monoisotopic (exact) mass is 302 g/mol. The number of hydrogen-bond donors (Lipinski definition) is 1. The van der Waals surface area contributed by atoms with Crippen LogP contribution in [0.3, 0.4) is 0 Å². The van der Waals surface area contributed by atoms with Crippen LogP contribution in [0.4, 0.5) is 4.39 Å². The predicted octanol–water partition coefficient (Wildman–Crippen LogP) is 1.27. The van der Waals surface area contributed by atoms with Gasteiger partial charge in [-0.3, -0.25) is 0 Å². The molecule has 5 nitrogen and oxygen atoms in total. The summed E-state index contributed by atoms with van der Waals surface area (Å²) in [6.07, 6.45) is -0.269. The molecule has 1 fully saturated rings. The molecule has 1 saturated heterocycles. The van der Waals surface area contributed by atoms with Crippen LogP contribution in [-0.2, 0) is 21.5 Å². The number of halogens is 1. The molecule has 1 heterocycles. The molecular weight excluding hydrogens is 283 g/mol. The van der Waals surface area contributed by atoms with E-state index in [0.717, 1.165) is 0 Å². The highest BCUT2D eigenvalue weighted by Gasteiger charge is 2.30. The van der Waals surface area contributed by atoms with Crippen molar-refractivity contribution in [2.45, 2.75) is 32.6 Å². The van der Waals surface area contributed by atoms with Gasteiger partial charge in [-0.1, -0.05) is 12.1 Å². The number of nitrogens with zero attached hydrogens (tertiary/aromatic N) is 1. The highest BCUT2D eigenvalue weighted by Crippen LogP contribution is 2.14. The third-order valence-corrected chi connectivity index (χ3v) is 4.56. The summed E-state index contributed by atoms with van der Waals surface area (Å²) in [5.74, 6) is -0.379. The van der Waals surface area contributed by atoms with Crippen LogP contribution in [0, 0.1) is 5.82 Å². The molecule has 0 bridgehead atoms. The summed E-state index contributed by atoms with van der Waals surface area (Å²) in [4.78, 5) is 0. The van der Waals surface area contributed by atoms with E-state index in [-0.39, 0.29) is 24.6 Å². The zero-order valence-corrected chi connectivity index (χ0v) is 12.4. The van der Waals surface area contributed by atoms with Gasteiger partial charge in [0.15, 0.2) is 0 Å². The fourth-order valence-corrected chi connectivity index (χ4v) is 3.58. The van der Waals surface area contributed by atoms with E-state index in [4.69, 9.17) is 4.74 Å². The summed E-state index contributed by atoms with van der Waals surface area (Å²) in [7, 11) is -3.58. The minimum absolute atomic E-state index is 0.0697. The molecular formula is C13H19FN2O3S. The van der Waals surface area contributed by atoms with Crippen LogP contribution >= 0.6 is 0 Å². The van der Waals surface area contributed by atoms with E-state index in [1.54, 1.807) is 12.1 Å². The van der Waals surface area contributed by atoms with Crippen LogP contribution in [0.15, 0.2) is 24.3 Å². The van der Waals surface area contributed by atoms with Crippen molar-refractivity contribution in [3.05, 3.63) is 35.6 Å². The first kappa shape index (κ1) is 15.4. The lowest BCUT2D eigenvalue weighted by molar-refractivity contribution is -0.0444. The van der Waals surface area contributed by atoms with E-state index < -0.39 is 10.2 Å². The third kappa shape index (κ3) is 3.99. The second-order valence-electron chi connectivity index (χ2n) is 5.03. The average Bonchev–Trinajstić information content (AvgIpc) is 2.35. The lowest BCUT2D eigenvalue weighted by Crippen LogP contribution is -2.51. The third-order valence-electron chi connectivity index (χ3n) is 3.07. The Morgan fingerprint density at radius 2 is 2.00 bits per heavy atom. The first-order chi connectivity index (χ1) is 9.37. The smallest absolute Gasteiger partial charge is 0.279 e. The fraction of sp³-hybridized carbons (Fsp3) is 0.538. The van der Waals surface area contributed by atoms with Crippen LogP contribution in [0.2, 0.25) is 0 Å². The van der Waals surface area contributed by atoms with E-state index in [9.17, 15) is 12.8 Å². The summed E-state index contributed by atoms with van der Waals surface area (Å²) < 4.78 is 46.8. The van der Waals surface area contributed by atoms with Gasteiger partial charge in [-0.25, -0.2) is 4.39 Å². The van der Waals surface area contributed by atoms with Crippen molar-refractivity contribution in [1.82, 2.24) is 9.03 Å². The standard InChI is InChI=1S/C13H19FN2O3S/c1-10-8-16(9-11(2)19-10)20(17,18)15-7-12-4-3-5-13(14)6-12/h3-6,10-11,15H,7-9H2,1-2H3.